The molecule has 1 unspecified atom stereocenters. The van der Waals surface area contributed by atoms with E-state index < -0.39 is 14.1 Å². The zero-order valence-corrected chi connectivity index (χ0v) is 10.4. The Bertz CT molecular complexity index is 153. The molecule has 88 valence electrons. The molecular formula is C8H22NO4P. The Hall–Kier alpha value is 0.0700. The highest BCUT2D eigenvalue weighted by Crippen LogP contribution is 2.49. The van der Waals surface area contributed by atoms with E-state index in [1.54, 1.807) is 27.7 Å². The lowest BCUT2D eigenvalue weighted by Gasteiger charge is -2.16. The first-order valence-corrected chi connectivity index (χ1v) is 6.11. The maximum atomic E-state index is 11.5. The van der Waals surface area contributed by atoms with Crippen molar-refractivity contribution in [3.8, 4) is 0 Å². The summed E-state index contributed by atoms with van der Waals surface area (Å²) in [5.41, 5.74) is 3.53. The van der Waals surface area contributed by atoms with Crippen molar-refractivity contribution in [2.45, 2.75) is 33.9 Å². The van der Waals surface area contributed by atoms with Crippen molar-refractivity contribution in [3.63, 3.8) is 0 Å². The predicted molar refractivity (Wildman–Crippen MR) is 55.3 cm³/mol. The van der Waals surface area contributed by atoms with Crippen LogP contribution in [0, 0.1) is 6.92 Å². The molecule has 3 N–H and O–H groups in total. The highest BCUT2D eigenvalue weighted by Gasteiger charge is 2.28. The van der Waals surface area contributed by atoms with E-state index in [1.165, 1.54) is 0 Å². The summed E-state index contributed by atoms with van der Waals surface area (Å²) in [7, 11) is -3.34. The van der Waals surface area contributed by atoms with Crippen LogP contribution >= 0.6 is 7.82 Å². The Balaban J connectivity index is 0. The predicted octanol–water partition coefficient (Wildman–Crippen LogP) is 1.61. The van der Waals surface area contributed by atoms with Crippen LogP contribution in [0.4, 0.5) is 0 Å². The number of hydrogen-bond acceptors (Lipinski definition) is 4. The second-order valence-electron chi connectivity index (χ2n) is 2.20. The molecule has 0 rings (SSSR count). The molecule has 0 aromatic carbocycles. The lowest BCUT2D eigenvalue weighted by Crippen LogP contribution is -2.60. The van der Waals surface area contributed by atoms with E-state index in [4.69, 9.17) is 13.6 Å². The molecule has 0 amide bonds. The summed E-state index contributed by atoms with van der Waals surface area (Å²) in [6.07, 6.45) is -0.408. The van der Waals surface area contributed by atoms with Crippen molar-refractivity contribution in [3.05, 3.63) is 6.92 Å². The van der Waals surface area contributed by atoms with Gasteiger partial charge in [0, 0.05) is 6.92 Å². The fraction of sp³-hybridized carbons (Fsp3) is 0.875. The first-order chi connectivity index (χ1) is 6.54. The van der Waals surface area contributed by atoms with E-state index in [9.17, 15) is 4.57 Å². The molecule has 0 spiro atoms. The summed E-state index contributed by atoms with van der Waals surface area (Å²) in [6, 6.07) is 0. The number of phosphoric ester groups is 1. The van der Waals surface area contributed by atoms with E-state index in [0.717, 1.165) is 0 Å². The standard InChI is InChI=1S/C6H16NO4P.C2H5/c1-4-9-12(8,10-5-2)11-6(3)7;1-2/h6H,4-5,7H2,1-3H3;1H2,2H3/q;-1/p+1. The minimum Gasteiger partial charge on any atom is -0.346 e. The molecule has 1 atom stereocenters. The summed E-state index contributed by atoms with van der Waals surface area (Å²) in [4.78, 5) is 0. The van der Waals surface area contributed by atoms with Crippen LogP contribution in [0.3, 0.4) is 0 Å². The molecule has 0 fully saturated rings. The molecule has 0 bridgehead atoms. The van der Waals surface area contributed by atoms with Gasteiger partial charge in [-0.2, -0.15) is 6.92 Å². The largest absolute Gasteiger partial charge is 0.479 e. The molecular weight excluding hydrogens is 205 g/mol. The SMILES string of the molecule is CCOP(=O)(OCC)OC(C)[NH3+].[CH2-]C. The minimum atomic E-state index is -3.34. The van der Waals surface area contributed by atoms with E-state index in [1.807, 2.05) is 0 Å². The topological polar surface area (TPSA) is 72.4 Å². The quantitative estimate of drug-likeness (QED) is 0.425. The van der Waals surface area contributed by atoms with Gasteiger partial charge in [0.2, 0.25) is 0 Å². The summed E-state index contributed by atoms with van der Waals surface area (Å²) >= 11 is 0. The normalized spacial score (nSPS) is 13.0. The minimum absolute atomic E-state index is 0.296. The first-order valence-electron chi connectivity index (χ1n) is 4.65. The maximum absolute atomic E-state index is 11.5. The van der Waals surface area contributed by atoms with E-state index in [2.05, 4.69) is 12.7 Å². The first kappa shape index (κ1) is 16.5. The Kier molecular flexibility index (Phi) is 11.3. The average molecular weight is 227 g/mol. The Labute approximate surface area is 86.5 Å². The lowest BCUT2D eigenvalue weighted by molar-refractivity contribution is -0.468. The van der Waals surface area contributed by atoms with Crippen molar-refractivity contribution in [2.75, 3.05) is 13.2 Å². The van der Waals surface area contributed by atoms with E-state index in [0.29, 0.717) is 13.2 Å². The van der Waals surface area contributed by atoms with Crippen LogP contribution in [0.25, 0.3) is 0 Å². The van der Waals surface area contributed by atoms with Crippen LogP contribution < -0.4 is 5.73 Å². The summed E-state index contributed by atoms with van der Waals surface area (Å²) in [5, 5.41) is 0. The Morgan fingerprint density at radius 1 is 1.29 bits per heavy atom. The van der Waals surface area contributed by atoms with Gasteiger partial charge >= 0.3 is 7.82 Å². The molecule has 5 nitrogen and oxygen atoms in total. The van der Waals surface area contributed by atoms with Crippen LogP contribution in [0.15, 0.2) is 0 Å². The molecule has 6 heteroatoms. The summed E-state index contributed by atoms with van der Waals surface area (Å²) in [6.45, 7) is 10.7. The molecule has 0 saturated carbocycles. The fourth-order valence-electron chi connectivity index (χ4n) is 0.635. The molecule has 0 aromatic heterocycles. The third-order valence-corrected chi connectivity index (χ3v) is 2.65. The fourth-order valence-corrected chi connectivity index (χ4v) is 1.90. The third kappa shape index (κ3) is 8.66. The van der Waals surface area contributed by atoms with Crippen molar-refractivity contribution in [1.29, 1.82) is 0 Å². The van der Waals surface area contributed by atoms with E-state index in [-0.39, 0.29) is 0 Å². The summed E-state index contributed by atoms with van der Waals surface area (Å²) in [5.74, 6) is 0. The molecule has 14 heavy (non-hydrogen) atoms. The number of rotatable bonds is 6. The maximum Gasteiger partial charge on any atom is 0.479 e. The van der Waals surface area contributed by atoms with Crippen molar-refractivity contribution in [2.24, 2.45) is 0 Å². The molecule has 0 aromatic rings. The van der Waals surface area contributed by atoms with Crippen LogP contribution in [0.2, 0.25) is 0 Å². The molecule has 0 radical (unpaired) electrons. The van der Waals surface area contributed by atoms with Crippen LogP contribution in [-0.4, -0.2) is 19.4 Å². The second kappa shape index (κ2) is 9.62. The van der Waals surface area contributed by atoms with Crippen molar-refractivity contribution in [1.82, 2.24) is 0 Å². The van der Waals surface area contributed by atoms with Gasteiger partial charge in [0.15, 0.2) is 6.23 Å². The van der Waals surface area contributed by atoms with Gasteiger partial charge < -0.3 is 12.7 Å². The molecule has 0 heterocycles. The molecule has 0 saturated heterocycles. The van der Waals surface area contributed by atoms with Crippen LogP contribution in [-0.2, 0) is 18.1 Å². The summed E-state index contributed by atoms with van der Waals surface area (Å²) < 4.78 is 26.1. The third-order valence-electron chi connectivity index (χ3n) is 0.883. The van der Waals surface area contributed by atoms with Gasteiger partial charge in [-0.05, 0) is 13.8 Å². The van der Waals surface area contributed by atoms with Gasteiger partial charge in [-0.1, -0.05) is 0 Å². The zero-order chi connectivity index (χ0) is 11.6. The lowest BCUT2D eigenvalue weighted by atomic mass is 10.7. The van der Waals surface area contributed by atoms with Crippen molar-refractivity contribution >= 4 is 7.82 Å². The van der Waals surface area contributed by atoms with Crippen molar-refractivity contribution < 1.29 is 23.9 Å². The van der Waals surface area contributed by atoms with Gasteiger partial charge in [-0.3, -0.25) is 9.05 Å². The smallest absolute Gasteiger partial charge is 0.346 e. The number of hydrogen-bond donors (Lipinski definition) is 1. The zero-order valence-electron chi connectivity index (χ0n) is 9.49. The number of phosphoric acid groups is 1. The molecule has 0 aliphatic rings. The van der Waals surface area contributed by atoms with Gasteiger partial charge in [-0.15, -0.1) is 0 Å². The van der Waals surface area contributed by atoms with Crippen LogP contribution in [0.1, 0.15) is 27.7 Å². The average Bonchev–Trinajstić information content (AvgIpc) is 2.06. The van der Waals surface area contributed by atoms with Gasteiger partial charge in [0.05, 0.1) is 13.2 Å². The van der Waals surface area contributed by atoms with Crippen LogP contribution in [0.5, 0.6) is 0 Å². The highest BCUT2D eigenvalue weighted by atomic mass is 31.2. The van der Waals surface area contributed by atoms with E-state index >= 15 is 0 Å². The number of quaternary nitrogens is 1. The molecule has 0 aliphatic heterocycles. The Morgan fingerprint density at radius 2 is 1.64 bits per heavy atom. The monoisotopic (exact) mass is 227 g/mol. The molecule has 0 aliphatic carbocycles. The highest BCUT2D eigenvalue weighted by molar-refractivity contribution is 7.48. The Morgan fingerprint density at radius 3 is 1.86 bits per heavy atom. The second-order valence-corrected chi connectivity index (χ2v) is 3.82. The van der Waals surface area contributed by atoms with Gasteiger partial charge in [0.1, 0.15) is 0 Å². The van der Waals surface area contributed by atoms with Gasteiger partial charge in [-0.25, -0.2) is 9.09 Å². The van der Waals surface area contributed by atoms with Gasteiger partial charge in [0.25, 0.3) is 0 Å².